The van der Waals surface area contributed by atoms with Crippen LogP contribution in [0.5, 0.6) is 23.0 Å². The Morgan fingerprint density at radius 2 is 1.63 bits per heavy atom. The van der Waals surface area contributed by atoms with Gasteiger partial charge in [-0.05, 0) is 29.8 Å². The molecule has 0 saturated carbocycles. The number of carbonyl (C=O) groups excluding carboxylic acids is 1. The Morgan fingerprint density at radius 1 is 0.967 bits per heavy atom. The molecule has 0 radical (unpaired) electrons. The number of anilines is 1. The molecule has 0 aliphatic rings. The summed E-state index contributed by atoms with van der Waals surface area (Å²) in [5, 5.41) is 6.68. The Labute approximate surface area is 173 Å². The highest BCUT2D eigenvalue weighted by atomic mass is 16.5. The average Bonchev–Trinajstić information content (AvgIpc) is 3.27. The van der Waals surface area contributed by atoms with Crippen molar-refractivity contribution in [2.45, 2.75) is 0 Å². The van der Waals surface area contributed by atoms with Crippen LogP contribution in [-0.4, -0.2) is 46.0 Å². The summed E-state index contributed by atoms with van der Waals surface area (Å²) >= 11 is 0. The van der Waals surface area contributed by atoms with Gasteiger partial charge in [0.05, 0.1) is 46.9 Å². The van der Waals surface area contributed by atoms with Crippen LogP contribution in [0.2, 0.25) is 0 Å². The lowest BCUT2D eigenvalue weighted by molar-refractivity contribution is -0.114. The number of nitrogens with one attached hydrogen (secondary N) is 1. The van der Waals surface area contributed by atoms with E-state index in [1.54, 1.807) is 30.5 Å². The van der Waals surface area contributed by atoms with Gasteiger partial charge in [0.25, 0.3) is 0 Å². The minimum Gasteiger partial charge on any atom is -0.495 e. The topological polar surface area (TPSA) is 118 Å². The molecule has 158 valence electrons. The predicted octanol–water partition coefficient (Wildman–Crippen LogP) is 2.94. The lowest BCUT2D eigenvalue weighted by Crippen LogP contribution is -2.22. The Balaban J connectivity index is 2.10. The standard InChI is InChI=1S/C21H23N3O6/c1-26-16-6-5-12(7-15(16)24-19(25)10-22)14-11-23-30-20(14)13-8-17(27-2)21(29-4)18(9-13)28-3/h5-9,11H,10,22H2,1-4H3,(H,24,25). The summed E-state index contributed by atoms with van der Waals surface area (Å²) in [5.74, 6) is 2.11. The zero-order valence-electron chi connectivity index (χ0n) is 17.1. The molecule has 30 heavy (non-hydrogen) atoms. The molecule has 0 aliphatic carbocycles. The van der Waals surface area contributed by atoms with Crippen LogP contribution >= 0.6 is 0 Å². The molecule has 1 aromatic heterocycles. The molecule has 0 unspecified atom stereocenters. The largest absolute Gasteiger partial charge is 0.495 e. The number of hydrogen-bond donors (Lipinski definition) is 2. The first-order valence-electron chi connectivity index (χ1n) is 8.99. The van der Waals surface area contributed by atoms with Crippen LogP contribution in [-0.2, 0) is 4.79 Å². The molecule has 0 spiro atoms. The second-order valence-corrected chi connectivity index (χ2v) is 6.15. The number of carbonyl (C=O) groups is 1. The number of nitrogens with zero attached hydrogens (tertiary/aromatic N) is 1. The van der Waals surface area contributed by atoms with Crippen LogP contribution in [0.3, 0.4) is 0 Å². The Bertz CT molecular complexity index is 1020. The third-order valence-electron chi connectivity index (χ3n) is 4.47. The summed E-state index contributed by atoms with van der Waals surface area (Å²) < 4.78 is 27.1. The van der Waals surface area contributed by atoms with Crippen LogP contribution in [0.15, 0.2) is 41.1 Å². The second kappa shape index (κ2) is 9.19. The maximum Gasteiger partial charge on any atom is 0.238 e. The van der Waals surface area contributed by atoms with Crippen molar-refractivity contribution in [3.63, 3.8) is 0 Å². The van der Waals surface area contributed by atoms with E-state index in [0.29, 0.717) is 45.6 Å². The van der Waals surface area contributed by atoms with Gasteiger partial charge in [0.15, 0.2) is 17.3 Å². The van der Waals surface area contributed by atoms with Gasteiger partial charge in [-0.25, -0.2) is 0 Å². The number of rotatable bonds is 8. The number of amides is 1. The van der Waals surface area contributed by atoms with E-state index < -0.39 is 0 Å². The molecule has 0 fully saturated rings. The zero-order chi connectivity index (χ0) is 21.7. The summed E-state index contributed by atoms with van der Waals surface area (Å²) in [6.45, 7) is -0.142. The summed E-state index contributed by atoms with van der Waals surface area (Å²) in [6.07, 6.45) is 1.59. The van der Waals surface area contributed by atoms with Gasteiger partial charge in [-0.3, -0.25) is 4.79 Å². The van der Waals surface area contributed by atoms with E-state index in [2.05, 4.69) is 10.5 Å². The van der Waals surface area contributed by atoms with Crippen molar-refractivity contribution in [1.29, 1.82) is 0 Å². The van der Waals surface area contributed by atoms with E-state index in [1.165, 1.54) is 28.4 Å². The third-order valence-corrected chi connectivity index (χ3v) is 4.47. The van der Waals surface area contributed by atoms with E-state index in [4.69, 9.17) is 29.2 Å². The van der Waals surface area contributed by atoms with Crippen LogP contribution < -0.4 is 30.0 Å². The van der Waals surface area contributed by atoms with Crippen molar-refractivity contribution in [1.82, 2.24) is 5.16 Å². The predicted molar refractivity (Wildman–Crippen MR) is 111 cm³/mol. The summed E-state index contributed by atoms with van der Waals surface area (Å²) in [7, 11) is 6.14. The fraction of sp³-hybridized carbons (Fsp3) is 0.238. The minimum atomic E-state index is -0.333. The third kappa shape index (κ3) is 4.01. The Morgan fingerprint density at radius 3 is 2.20 bits per heavy atom. The van der Waals surface area contributed by atoms with Gasteiger partial charge in [-0.15, -0.1) is 0 Å². The van der Waals surface area contributed by atoms with E-state index in [-0.39, 0.29) is 12.5 Å². The summed E-state index contributed by atoms with van der Waals surface area (Å²) in [4.78, 5) is 11.8. The van der Waals surface area contributed by atoms with Crippen LogP contribution in [0.4, 0.5) is 5.69 Å². The van der Waals surface area contributed by atoms with Crippen molar-refractivity contribution in [3.8, 4) is 45.4 Å². The molecule has 0 saturated heterocycles. The molecule has 9 heteroatoms. The summed E-state index contributed by atoms with van der Waals surface area (Å²) in [6, 6.07) is 8.89. The van der Waals surface area contributed by atoms with Crippen molar-refractivity contribution in [2.75, 3.05) is 40.3 Å². The number of hydrogen-bond acceptors (Lipinski definition) is 8. The number of ether oxygens (including phenoxy) is 4. The van der Waals surface area contributed by atoms with Crippen molar-refractivity contribution in [2.24, 2.45) is 5.73 Å². The first-order valence-corrected chi connectivity index (χ1v) is 8.99. The SMILES string of the molecule is COc1ccc(-c2cnoc2-c2cc(OC)c(OC)c(OC)c2)cc1NC(=O)CN. The van der Waals surface area contributed by atoms with Gasteiger partial charge in [0.1, 0.15) is 5.75 Å². The molecule has 3 aromatic rings. The fourth-order valence-corrected chi connectivity index (χ4v) is 3.04. The molecule has 3 rings (SSSR count). The fourth-order valence-electron chi connectivity index (χ4n) is 3.04. The Kier molecular flexibility index (Phi) is 6.43. The highest BCUT2D eigenvalue weighted by Crippen LogP contribution is 2.43. The number of benzene rings is 2. The normalized spacial score (nSPS) is 10.4. The van der Waals surface area contributed by atoms with Gasteiger partial charge < -0.3 is 34.5 Å². The van der Waals surface area contributed by atoms with E-state index in [0.717, 1.165) is 5.56 Å². The van der Waals surface area contributed by atoms with Crippen LogP contribution in [0.25, 0.3) is 22.5 Å². The first-order chi connectivity index (χ1) is 14.6. The molecule has 0 aliphatic heterocycles. The molecule has 2 aromatic carbocycles. The maximum absolute atomic E-state index is 11.8. The van der Waals surface area contributed by atoms with Crippen LogP contribution in [0.1, 0.15) is 0 Å². The molecule has 0 atom stereocenters. The van der Waals surface area contributed by atoms with Gasteiger partial charge in [0, 0.05) is 11.1 Å². The van der Waals surface area contributed by atoms with Gasteiger partial charge in [-0.2, -0.15) is 0 Å². The lowest BCUT2D eigenvalue weighted by Gasteiger charge is -2.14. The number of aromatic nitrogens is 1. The molecule has 1 amide bonds. The molecule has 9 nitrogen and oxygen atoms in total. The molecule has 3 N–H and O–H groups in total. The van der Waals surface area contributed by atoms with E-state index >= 15 is 0 Å². The smallest absolute Gasteiger partial charge is 0.238 e. The average molecular weight is 413 g/mol. The van der Waals surface area contributed by atoms with Crippen molar-refractivity contribution in [3.05, 3.63) is 36.5 Å². The molecule has 1 heterocycles. The maximum atomic E-state index is 11.8. The van der Waals surface area contributed by atoms with Gasteiger partial charge in [-0.1, -0.05) is 11.2 Å². The number of methoxy groups -OCH3 is 4. The second-order valence-electron chi connectivity index (χ2n) is 6.15. The molecular weight excluding hydrogens is 390 g/mol. The molecular formula is C21H23N3O6. The summed E-state index contributed by atoms with van der Waals surface area (Å²) in [5.41, 5.74) is 8.04. The van der Waals surface area contributed by atoms with Crippen molar-refractivity contribution < 1.29 is 28.3 Å². The lowest BCUT2D eigenvalue weighted by atomic mass is 10.0. The quantitative estimate of drug-likeness (QED) is 0.579. The first kappa shape index (κ1) is 21.0. The monoisotopic (exact) mass is 413 g/mol. The van der Waals surface area contributed by atoms with Gasteiger partial charge in [0.2, 0.25) is 11.7 Å². The Hall–Kier alpha value is -3.72. The zero-order valence-corrected chi connectivity index (χ0v) is 17.1. The van der Waals surface area contributed by atoms with Gasteiger partial charge >= 0.3 is 0 Å². The van der Waals surface area contributed by atoms with Crippen LogP contribution in [0, 0.1) is 0 Å². The highest BCUT2D eigenvalue weighted by Gasteiger charge is 2.20. The van der Waals surface area contributed by atoms with Crippen molar-refractivity contribution >= 4 is 11.6 Å². The van der Waals surface area contributed by atoms with E-state index in [1.807, 2.05) is 6.07 Å². The molecule has 0 bridgehead atoms. The number of nitrogens with two attached hydrogens (primary N) is 1. The minimum absolute atomic E-state index is 0.142. The highest BCUT2D eigenvalue weighted by molar-refractivity contribution is 5.95. The van der Waals surface area contributed by atoms with E-state index in [9.17, 15) is 4.79 Å².